The molecule has 3 rings (SSSR count). The first-order valence-electron chi connectivity index (χ1n) is 7.85. The minimum absolute atomic E-state index is 0.0204. The molecule has 124 valence electrons. The van der Waals surface area contributed by atoms with Gasteiger partial charge in [0.1, 0.15) is 0 Å². The van der Waals surface area contributed by atoms with Crippen molar-refractivity contribution in [3.8, 4) is 0 Å². The number of nitrogens with zero attached hydrogens (tertiary/aromatic N) is 2. The molecule has 1 heterocycles. The highest BCUT2D eigenvalue weighted by atomic mass is 79.9. The zero-order valence-electron chi connectivity index (χ0n) is 14.3. The van der Waals surface area contributed by atoms with Gasteiger partial charge < -0.3 is 4.90 Å². The summed E-state index contributed by atoms with van der Waals surface area (Å²) in [5, 5.41) is 0.715. The molecule has 0 atom stereocenters. The van der Waals surface area contributed by atoms with E-state index in [2.05, 4.69) is 65.8 Å². The number of halogens is 2. The van der Waals surface area contributed by atoms with Crippen molar-refractivity contribution in [3.05, 3.63) is 63.1 Å². The molecule has 2 aromatic rings. The van der Waals surface area contributed by atoms with Gasteiger partial charge in [-0.3, -0.25) is 4.99 Å². The second-order valence-electron chi connectivity index (χ2n) is 6.67. The molecule has 2 aromatic carbocycles. The van der Waals surface area contributed by atoms with E-state index in [4.69, 9.17) is 11.6 Å². The van der Waals surface area contributed by atoms with Crippen LogP contribution in [0.4, 0.5) is 11.4 Å². The van der Waals surface area contributed by atoms with Crippen LogP contribution in [0, 0.1) is 0 Å². The van der Waals surface area contributed by atoms with Crippen molar-refractivity contribution >= 4 is 50.7 Å². The number of likely N-dealkylation sites (N-methyl/N-ethyl adjacent to an activating group) is 1. The molecule has 0 radical (unpaired) electrons. The summed E-state index contributed by atoms with van der Waals surface area (Å²) in [6.45, 7) is 6.56. The minimum Gasteiger partial charge on any atom is -0.365 e. The Morgan fingerprint density at radius 1 is 1.17 bits per heavy atom. The molecular formula is C20H20BrClN2. The molecule has 0 spiro atoms. The molecule has 0 unspecified atom stereocenters. The van der Waals surface area contributed by atoms with Crippen molar-refractivity contribution in [1.29, 1.82) is 0 Å². The number of hydrogen-bond donors (Lipinski definition) is 0. The maximum Gasteiger partial charge on any atom is 0.0630 e. The highest BCUT2D eigenvalue weighted by molar-refractivity contribution is 9.10. The van der Waals surface area contributed by atoms with Crippen molar-refractivity contribution in [3.63, 3.8) is 0 Å². The van der Waals surface area contributed by atoms with E-state index < -0.39 is 0 Å². The summed E-state index contributed by atoms with van der Waals surface area (Å²) in [6, 6.07) is 12.1. The van der Waals surface area contributed by atoms with E-state index in [0.29, 0.717) is 5.02 Å². The summed E-state index contributed by atoms with van der Waals surface area (Å²) in [5.41, 5.74) is 5.44. The van der Waals surface area contributed by atoms with Crippen LogP contribution in [-0.2, 0) is 0 Å². The van der Waals surface area contributed by atoms with Gasteiger partial charge in [0.2, 0.25) is 0 Å². The van der Waals surface area contributed by atoms with Crippen LogP contribution in [0.2, 0.25) is 5.02 Å². The normalized spacial score (nSPS) is 16.2. The van der Waals surface area contributed by atoms with E-state index in [1.807, 2.05) is 36.5 Å². The Morgan fingerprint density at radius 2 is 1.83 bits per heavy atom. The smallest absolute Gasteiger partial charge is 0.0630 e. The van der Waals surface area contributed by atoms with Gasteiger partial charge in [-0.25, -0.2) is 0 Å². The average molecular weight is 404 g/mol. The molecule has 0 saturated heterocycles. The Balaban J connectivity index is 2.00. The molecule has 2 nitrogen and oxygen atoms in total. The van der Waals surface area contributed by atoms with Gasteiger partial charge >= 0.3 is 0 Å². The molecule has 1 aliphatic heterocycles. The summed E-state index contributed by atoms with van der Waals surface area (Å²) in [5.74, 6) is 0. The van der Waals surface area contributed by atoms with Crippen LogP contribution in [0.1, 0.15) is 31.9 Å². The monoisotopic (exact) mass is 402 g/mol. The fourth-order valence-electron chi connectivity index (χ4n) is 2.96. The number of hydrogen-bond acceptors (Lipinski definition) is 2. The van der Waals surface area contributed by atoms with Gasteiger partial charge in [-0.05, 0) is 62.7 Å². The molecule has 0 aromatic heterocycles. The lowest BCUT2D eigenvalue weighted by Gasteiger charge is -2.40. The maximum absolute atomic E-state index is 6.51. The Kier molecular flexibility index (Phi) is 4.58. The lowest BCUT2D eigenvalue weighted by Crippen LogP contribution is -2.42. The second-order valence-corrected chi connectivity index (χ2v) is 7.99. The summed E-state index contributed by atoms with van der Waals surface area (Å²) < 4.78 is 1.04. The fraction of sp³-hybridized carbons (Fsp3) is 0.250. The van der Waals surface area contributed by atoms with Gasteiger partial charge in [-0.15, -0.1) is 0 Å². The number of aliphatic imine (C=N–C) groups is 1. The third kappa shape index (κ3) is 3.28. The maximum atomic E-state index is 6.51. The van der Waals surface area contributed by atoms with Gasteiger partial charge in [0, 0.05) is 34.5 Å². The van der Waals surface area contributed by atoms with E-state index in [-0.39, 0.29) is 5.54 Å². The average Bonchev–Trinajstić information content (AvgIpc) is 2.52. The van der Waals surface area contributed by atoms with Crippen molar-refractivity contribution in [2.45, 2.75) is 26.3 Å². The summed E-state index contributed by atoms with van der Waals surface area (Å²) in [7, 11) is 2.10. The third-order valence-electron chi connectivity index (χ3n) is 4.51. The van der Waals surface area contributed by atoms with Crippen molar-refractivity contribution in [2.75, 3.05) is 11.9 Å². The van der Waals surface area contributed by atoms with Crippen LogP contribution in [0.15, 0.2) is 51.9 Å². The number of fused-ring (bicyclic) bond motifs is 1. The van der Waals surface area contributed by atoms with Gasteiger partial charge in [-0.1, -0.05) is 33.6 Å². The summed E-state index contributed by atoms with van der Waals surface area (Å²) in [4.78, 5) is 6.80. The Hall–Kier alpha value is -1.58. The number of anilines is 1. The van der Waals surface area contributed by atoms with Crippen molar-refractivity contribution in [2.24, 2.45) is 4.99 Å². The zero-order chi connectivity index (χ0) is 17.5. The molecule has 0 N–H and O–H groups in total. The highest BCUT2D eigenvalue weighted by Crippen LogP contribution is 2.40. The molecule has 0 amide bonds. The van der Waals surface area contributed by atoms with Crippen LogP contribution >= 0.6 is 27.5 Å². The molecule has 4 heteroatoms. The fourth-order valence-corrected chi connectivity index (χ4v) is 3.43. The first-order valence-corrected chi connectivity index (χ1v) is 9.02. The molecular weight excluding hydrogens is 384 g/mol. The first-order chi connectivity index (χ1) is 11.3. The van der Waals surface area contributed by atoms with E-state index in [0.717, 1.165) is 21.4 Å². The van der Waals surface area contributed by atoms with Gasteiger partial charge in [-0.2, -0.15) is 0 Å². The van der Waals surface area contributed by atoms with Gasteiger partial charge in [0.25, 0.3) is 0 Å². The molecule has 0 fully saturated rings. The van der Waals surface area contributed by atoms with Crippen LogP contribution in [0.3, 0.4) is 0 Å². The van der Waals surface area contributed by atoms with Crippen LogP contribution in [0.5, 0.6) is 0 Å². The summed E-state index contributed by atoms with van der Waals surface area (Å²) in [6.07, 6.45) is 4.12. The van der Waals surface area contributed by atoms with E-state index in [1.54, 1.807) is 0 Å². The zero-order valence-corrected chi connectivity index (χ0v) is 16.6. The standard InChI is InChI=1S/C20H20BrClN2/c1-13-11-20(2,3)24(4)19-10-18(22)14(9-17(13)19)12-23-16-7-5-15(21)6-8-16/h5-12H,1-4H3. The lowest BCUT2D eigenvalue weighted by molar-refractivity contribution is 0.598. The Labute approximate surface area is 157 Å². The minimum atomic E-state index is -0.0204. The van der Waals surface area contributed by atoms with E-state index in [9.17, 15) is 0 Å². The number of allylic oxidation sites excluding steroid dienone is 1. The van der Waals surface area contributed by atoms with Crippen molar-refractivity contribution in [1.82, 2.24) is 0 Å². The van der Waals surface area contributed by atoms with Gasteiger partial charge in [0.15, 0.2) is 0 Å². The van der Waals surface area contributed by atoms with Crippen molar-refractivity contribution < 1.29 is 0 Å². The predicted molar refractivity (Wildman–Crippen MR) is 109 cm³/mol. The largest absolute Gasteiger partial charge is 0.365 e. The topological polar surface area (TPSA) is 15.6 Å². The molecule has 0 saturated carbocycles. The number of rotatable bonds is 2. The van der Waals surface area contributed by atoms with Gasteiger partial charge in [0.05, 0.1) is 16.2 Å². The quantitative estimate of drug-likeness (QED) is 0.524. The molecule has 0 bridgehead atoms. The molecule has 1 aliphatic rings. The van der Waals surface area contributed by atoms with Crippen LogP contribution in [-0.4, -0.2) is 18.8 Å². The SMILES string of the molecule is CC1=CC(C)(C)N(C)c2cc(Cl)c(C=Nc3ccc(Br)cc3)cc21. The van der Waals surface area contributed by atoms with Crippen LogP contribution in [0.25, 0.3) is 5.57 Å². The predicted octanol–water partition coefficient (Wildman–Crippen LogP) is 6.48. The van der Waals surface area contributed by atoms with E-state index >= 15 is 0 Å². The molecule has 24 heavy (non-hydrogen) atoms. The highest BCUT2D eigenvalue weighted by Gasteiger charge is 2.28. The molecule has 0 aliphatic carbocycles. The van der Waals surface area contributed by atoms with Crippen LogP contribution < -0.4 is 4.90 Å². The Bertz CT molecular complexity index is 835. The summed E-state index contributed by atoms with van der Waals surface area (Å²) >= 11 is 9.95. The number of benzene rings is 2. The Morgan fingerprint density at radius 3 is 2.50 bits per heavy atom. The third-order valence-corrected chi connectivity index (χ3v) is 5.37. The first kappa shape index (κ1) is 17.2. The lowest BCUT2D eigenvalue weighted by atomic mass is 9.88. The van der Waals surface area contributed by atoms with E-state index in [1.165, 1.54) is 11.1 Å². The second kappa shape index (κ2) is 6.38.